The molecule has 9 aromatic carbocycles. The van der Waals surface area contributed by atoms with Gasteiger partial charge in [-0.2, -0.15) is 0 Å². The third-order valence-corrected chi connectivity index (χ3v) is 16.4. The number of anilines is 5. The zero-order valence-corrected chi connectivity index (χ0v) is 45.6. The Morgan fingerprint density at radius 3 is 1.38 bits per heavy atom. The molecule has 2 aromatic heterocycles. The van der Waals surface area contributed by atoms with Gasteiger partial charge in [0.15, 0.2) is 0 Å². The second kappa shape index (κ2) is 16.2. The molecule has 0 aliphatic heterocycles. The lowest BCUT2D eigenvalue weighted by molar-refractivity contribution is 0.399. The van der Waals surface area contributed by atoms with Gasteiger partial charge in [0.05, 0.1) is 22.6 Å². The zero-order valence-electron chi connectivity index (χ0n) is 45.6. The molecular formula is C70H71N3. The first-order chi connectivity index (χ1) is 34.5. The van der Waals surface area contributed by atoms with Gasteiger partial charge in [-0.1, -0.05) is 156 Å². The Kier molecular flexibility index (Phi) is 10.4. The number of nitrogens with zero attached hydrogens (tertiary/aromatic N) is 3. The molecule has 73 heavy (non-hydrogen) atoms. The summed E-state index contributed by atoms with van der Waals surface area (Å²) in [5, 5.41) is 10.2. The van der Waals surface area contributed by atoms with E-state index in [0.717, 1.165) is 0 Å². The van der Waals surface area contributed by atoms with Crippen molar-refractivity contribution in [1.82, 2.24) is 4.40 Å². The molecule has 0 bridgehead atoms. The normalized spacial score (nSPS) is 14.8. The molecule has 1 unspecified atom stereocenters. The summed E-state index contributed by atoms with van der Waals surface area (Å²) in [6.07, 6.45) is 0. The van der Waals surface area contributed by atoms with Crippen molar-refractivity contribution in [1.29, 1.82) is 0 Å². The van der Waals surface area contributed by atoms with E-state index in [0.29, 0.717) is 5.92 Å². The number of benzene rings is 9. The highest BCUT2D eigenvalue weighted by molar-refractivity contribution is 6.26. The largest absolute Gasteiger partial charge is 0.334 e. The van der Waals surface area contributed by atoms with Crippen molar-refractivity contribution in [3.63, 3.8) is 0 Å². The predicted molar refractivity (Wildman–Crippen MR) is 316 cm³/mol. The molecule has 0 amide bonds. The van der Waals surface area contributed by atoms with Crippen LogP contribution in [0.5, 0.6) is 0 Å². The van der Waals surface area contributed by atoms with Gasteiger partial charge in [-0.25, -0.2) is 0 Å². The average molecular weight is 954 g/mol. The molecular weight excluding hydrogens is 883 g/mol. The SMILES string of the molecule is Cc1cc(N(c2ccc(C(C)(C)C)cc2)c2ccc3cc4c5cccc6c7cc8ccc(C(C)N(c9ccc(C(C)(C)C)cc9)c9ccc(C(C)(C)C)cc9)cc8cc7n(c4cc3c2)c65)cc2c1[C@H]2C(C)(C)C. The fraction of sp³-hybridized carbons (Fsp3) is 0.286. The molecule has 11 aromatic rings. The molecule has 1 aliphatic carbocycles. The number of fused-ring (bicyclic) bond motifs is 9. The van der Waals surface area contributed by atoms with Crippen molar-refractivity contribution in [2.24, 2.45) is 5.41 Å². The topological polar surface area (TPSA) is 10.9 Å². The van der Waals surface area contributed by atoms with Crippen molar-refractivity contribution in [2.75, 3.05) is 9.80 Å². The van der Waals surface area contributed by atoms with Crippen molar-refractivity contribution in [3.8, 4) is 0 Å². The summed E-state index contributed by atoms with van der Waals surface area (Å²) in [7, 11) is 0. The van der Waals surface area contributed by atoms with E-state index in [-0.39, 0.29) is 27.7 Å². The van der Waals surface area contributed by atoms with Crippen LogP contribution in [0.2, 0.25) is 0 Å². The van der Waals surface area contributed by atoms with Crippen LogP contribution in [0.3, 0.4) is 0 Å². The van der Waals surface area contributed by atoms with Gasteiger partial charge in [0, 0.05) is 55.9 Å². The van der Waals surface area contributed by atoms with Crippen LogP contribution in [0.15, 0.2) is 164 Å². The Hall–Kier alpha value is -7.10. The number of aryl methyl sites for hydroxylation is 1. The lowest BCUT2D eigenvalue weighted by atomic mass is 9.86. The summed E-state index contributed by atoms with van der Waals surface area (Å²) in [4.78, 5) is 5.00. The smallest absolute Gasteiger partial charge is 0.0620 e. The number of rotatable bonds is 7. The minimum Gasteiger partial charge on any atom is -0.334 e. The second-order valence-corrected chi connectivity index (χ2v) is 25.8. The fourth-order valence-corrected chi connectivity index (χ4v) is 12.3. The summed E-state index contributed by atoms with van der Waals surface area (Å²) < 4.78 is 2.56. The van der Waals surface area contributed by atoms with Crippen LogP contribution in [0.4, 0.5) is 28.4 Å². The Labute approximate surface area is 433 Å². The van der Waals surface area contributed by atoms with Crippen LogP contribution < -0.4 is 9.80 Å². The van der Waals surface area contributed by atoms with Gasteiger partial charge >= 0.3 is 0 Å². The van der Waals surface area contributed by atoms with Gasteiger partial charge in [-0.05, 0) is 187 Å². The van der Waals surface area contributed by atoms with Crippen molar-refractivity contribution >= 4 is 88.1 Å². The maximum absolute atomic E-state index is 2.56. The lowest BCUT2D eigenvalue weighted by Crippen LogP contribution is -2.22. The predicted octanol–water partition coefficient (Wildman–Crippen LogP) is 20.2. The zero-order chi connectivity index (χ0) is 51.3. The van der Waals surface area contributed by atoms with Gasteiger partial charge in [0.25, 0.3) is 0 Å². The molecule has 2 heterocycles. The van der Waals surface area contributed by atoms with Crippen LogP contribution in [0.25, 0.3) is 59.6 Å². The molecule has 3 nitrogen and oxygen atoms in total. The molecule has 0 saturated carbocycles. The highest BCUT2D eigenvalue weighted by atomic mass is 15.2. The minimum atomic E-state index is 0.0678. The Balaban J connectivity index is 0.995. The van der Waals surface area contributed by atoms with Gasteiger partial charge in [-0.3, -0.25) is 0 Å². The van der Waals surface area contributed by atoms with Crippen molar-refractivity contribution in [2.45, 2.75) is 125 Å². The van der Waals surface area contributed by atoms with Gasteiger partial charge in [-0.15, -0.1) is 0 Å². The summed E-state index contributed by atoms with van der Waals surface area (Å²) >= 11 is 0. The summed E-state index contributed by atoms with van der Waals surface area (Å²) in [5.41, 5.74) is 19.8. The first-order valence-electron chi connectivity index (χ1n) is 26.7. The van der Waals surface area contributed by atoms with Gasteiger partial charge in [0.2, 0.25) is 0 Å². The third-order valence-electron chi connectivity index (χ3n) is 16.4. The van der Waals surface area contributed by atoms with E-state index in [4.69, 9.17) is 0 Å². The van der Waals surface area contributed by atoms with Gasteiger partial charge < -0.3 is 14.2 Å². The number of hydrogen-bond donors (Lipinski definition) is 0. The van der Waals surface area contributed by atoms with E-state index in [9.17, 15) is 0 Å². The number of para-hydroxylation sites is 1. The lowest BCUT2D eigenvalue weighted by Gasteiger charge is -2.33. The number of hydrogen-bond acceptors (Lipinski definition) is 2. The highest BCUT2D eigenvalue weighted by Gasteiger charge is 2.43. The number of aromatic nitrogens is 1. The summed E-state index contributed by atoms with van der Waals surface area (Å²) in [6.45, 7) is 32.4. The highest BCUT2D eigenvalue weighted by Crippen LogP contribution is 2.58. The Bertz CT molecular complexity index is 3890. The Morgan fingerprint density at radius 1 is 0.425 bits per heavy atom. The Morgan fingerprint density at radius 2 is 0.890 bits per heavy atom. The molecule has 0 N–H and O–H groups in total. The molecule has 12 rings (SSSR count). The van der Waals surface area contributed by atoms with E-state index in [1.165, 1.54) is 127 Å². The van der Waals surface area contributed by atoms with Crippen molar-refractivity contribution in [3.05, 3.63) is 203 Å². The molecule has 0 fully saturated rings. The molecule has 2 atom stereocenters. The summed E-state index contributed by atoms with van der Waals surface area (Å²) in [6, 6.07) is 63.6. The first kappa shape index (κ1) is 46.9. The summed E-state index contributed by atoms with van der Waals surface area (Å²) in [5.74, 6) is 0.495. The standard InChI is InChI=1S/C70H71N3/c1-42-34-56(41-61-64(42)65(61)70(12,13)14)72(54-32-25-51(26-33-54)69(9,10)11)55-27-20-46-38-60-58-17-15-16-57-59-37-45-19-18-44(35-47(45)39-62(59)73(66(57)58)63(60)40-48(46)36-55)43(2)71(52-28-21-49(22-29-52)67(3,4)5)53-30-23-50(24-31-53)68(6,7)8/h15-41,43,65H,1-14H3/t43?,65-/m0/s1. The molecule has 366 valence electrons. The molecule has 1 aliphatic rings. The third kappa shape index (κ3) is 7.85. The average Bonchev–Trinajstić information content (AvgIpc) is 3.91. The maximum Gasteiger partial charge on any atom is 0.0620 e. The van der Waals surface area contributed by atoms with Crippen LogP contribution in [0.1, 0.15) is 141 Å². The van der Waals surface area contributed by atoms with Crippen LogP contribution >= 0.6 is 0 Å². The first-order valence-corrected chi connectivity index (χ1v) is 26.7. The van der Waals surface area contributed by atoms with Crippen LogP contribution in [0, 0.1) is 12.3 Å². The minimum absolute atomic E-state index is 0.0678. The van der Waals surface area contributed by atoms with Gasteiger partial charge in [0.1, 0.15) is 0 Å². The van der Waals surface area contributed by atoms with E-state index >= 15 is 0 Å². The molecule has 0 saturated heterocycles. The van der Waals surface area contributed by atoms with E-state index in [1.807, 2.05) is 0 Å². The van der Waals surface area contributed by atoms with E-state index in [1.54, 1.807) is 0 Å². The van der Waals surface area contributed by atoms with Crippen molar-refractivity contribution < 1.29 is 0 Å². The van der Waals surface area contributed by atoms with E-state index < -0.39 is 0 Å². The second-order valence-electron chi connectivity index (χ2n) is 25.8. The molecule has 3 heteroatoms. The van der Waals surface area contributed by atoms with Crippen LogP contribution in [-0.4, -0.2) is 4.40 Å². The quantitative estimate of drug-likeness (QED) is 0.158. The maximum atomic E-state index is 2.56. The monoisotopic (exact) mass is 954 g/mol. The fourth-order valence-electron chi connectivity index (χ4n) is 12.3. The molecule has 0 spiro atoms. The molecule has 0 radical (unpaired) electrons. The van der Waals surface area contributed by atoms with Crippen LogP contribution in [-0.2, 0) is 16.2 Å². The van der Waals surface area contributed by atoms with E-state index in [2.05, 4.69) is 275 Å².